The lowest BCUT2D eigenvalue weighted by Crippen LogP contribution is -2.47. The van der Waals surface area contributed by atoms with E-state index < -0.39 is 11.9 Å². The van der Waals surface area contributed by atoms with Gasteiger partial charge in [-0.15, -0.1) is 0 Å². The molecule has 0 aliphatic carbocycles. The van der Waals surface area contributed by atoms with Crippen LogP contribution in [0.25, 0.3) is 11.1 Å². The van der Waals surface area contributed by atoms with Crippen LogP contribution in [-0.4, -0.2) is 41.7 Å². The summed E-state index contributed by atoms with van der Waals surface area (Å²) in [6.45, 7) is 10.5. The van der Waals surface area contributed by atoms with Crippen molar-refractivity contribution >= 4 is 29.4 Å². The Kier molecular flexibility index (Phi) is 6.77. The number of methoxy groups -OCH3 is 1. The molecule has 170 valence electrons. The summed E-state index contributed by atoms with van der Waals surface area (Å²) in [7, 11) is 1.17. The smallest absolute Gasteiger partial charge is 0.353 e. The average molecular weight is 447 g/mol. The molecule has 0 bridgehead atoms. The normalized spacial score (nSPS) is 14.7. The maximum atomic E-state index is 13.3. The number of fused-ring (bicyclic) bond motifs is 1. The molecule has 0 radical (unpaired) electrons. The molecule has 1 unspecified atom stereocenters. The maximum absolute atomic E-state index is 13.3. The summed E-state index contributed by atoms with van der Waals surface area (Å²) in [6, 6.07) is 12.4. The molecule has 2 N–H and O–H groups in total. The van der Waals surface area contributed by atoms with Gasteiger partial charge in [-0.25, -0.2) is 4.79 Å². The van der Waals surface area contributed by atoms with Gasteiger partial charge in [-0.3, -0.25) is 14.4 Å². The van der Waals surface area contributed by atoms with Gasteiger partial charge in [-0.05, 0) is 48.2 Å². The minimum Gasteiger partial charge on any atom is -0.464 e. The third kappa shape index (κ3) is 4.85. The van der Waals surface area contributed by atoms with E-state index in [0.29, 0.717) is 17.7 Å². The van der Waals surface area contributed by atoms with Crippen LogP contribution in [0.3, 0.4) is 0 Å². The van der Waals surface area contributed by atoms with Crippen molar-refractivity contribution in [1.29, 1.82) is 0 Å². The Morgan fingerprint density at radius 2 is 1.70 bits per heavy atom. The third-order valence-corrected chi connectivity index (χ3v) is 5.33. The van der Waals surface area contributed by atoms with Crippen molar-refractivity contribution in [2.24, 2.45) is 0 Å². The molecule has 1 heterocycles. The molecule has 33 heavy (non-hydrogen) atoms. The van der Waals surface area contributed by atoms with Crippen LogP contribution in [0.15, 0.2) is 67.0 Å². The van der Waals surface area contributed by atoms with E-state index in [1.165, 1.54) is 18.9 Å². The van der Waals surface area contributed by atoms with Crippen molar-refractivity contribution in [2.75, 3.05) is 12.4 Å². The number of benzene rings is 2. The van der Waals surface area contributed by atoms with Gasteiger partial charge in [0.25, 0.3) is 11.8 Å². The summed E-state index contributed by atoms with van der Waals surface area (Å²) >= 11 is 0. The SMILES string of the molecule is C=C(NC(=O)C(=C)N1C(=O)c2cccc(-c3ccc(NC(C)=O)cc3)c2CC1C)C(=O)OC. The highest BCUT2D eigenvalue weighted by Gasteiger charge is 2.35. The molecule has 2 aromatic carbocycles. The first-order chi connectivity index (χ1) is 15.6. The molecule has 3 amide bonds. The molecule has 0 fully saturated rings. The molecule has 0 aromatic heterocycles. The monoisotopic (exact) mass is 447 g/mol. The van der Waals surface area contributed by atoms with Gasteiger partial charge in [0.2, 0.25) is 5.91 Å². The molecule has 1 aliphatic rings. The topological polar surface area (TPSA) is 105 Å². The number of ether oxygens (including phenoxy) is 1. The second-order valence-electron chi connectivity index (χ2n) is 7.69. The Bertz CT molecular complexity index is 1170. The Morgan fingerprint density at radius 3 is 2.30 bits per heavy atom. The van der Waals surface area contributed by atoms with E-state index in [0.717, 1.165) is 16.7 Å². The number of anilines is 1. The molecule has 1 atom stereocenters. The highest BCUT2D eigenvalue weighted by atomic mass is 16.5. The Labute approximate surface area is 191 Å². The third-order valence-electron chi connectivity index (χ3n) is 5.33. The van der Waals surface area contributed by atoms with Gasteiger partial charge in [0, 0.05) is 24.2 Å². The molecule has 2 aromatic rings. The van der Waals surface area contributed by atoms with Gasteiger partial charge in [0.15, 0.2) is 0 Å². The fraction of sp³-hybridized carbons (Fsp3) is 0.200. The standard InChI is InChI=1S/C25H25N3O5/c1-14-13-22-20(18-9-11-19(12-10-18)27-17(4)29)7-6-8-21(22)24(31)28(14)16(3)23(30)26-15(2)25(32)33-5/h6-12,14H,2-3,13H2,1,4-5H3,(H,26,30)(H,27,29). The van der Waals surface area contributed by atoms with Crippen molar-refractivity contribution < 1.29 is 23.9 Å². The average Bonchev–Trinajstić information content (AvgIpc) is 2.78. The fourth-order valence-electron chi connectivity index (χ4n) is 3.81. The molecule has 1 aliphatic heterocycles. The Hall–Kier alpha value is -4.20. The van der Waals surface area contributed by atoms with Gasteiger partial charge in [-0.1, -0.05) is 37.4 Å². The number of amides is 3. The van der Waals surface area contributed by atoms with E-state index in [9.17, 15) is 19.2 Å². The largest absolute Gasteiger partial charge is 0.464 e. The van der Waals surface area contributed by atoms with E-state index >= 15 is 0 Å². The van der Waals surface area contributed by atoms with Crippen molar-refractivity contribution in [2.45, 2.75) is 26.3 Å². The van der Waals surface area contributed by atoms with E-state index in [4.69, 9.17) is 0 Å². The molecule has 3 rings (SSSR count). The first-order valence-corrected chi connectivity index (χ1v) is 10.2. The van der Waals surface area contributed by atoms with Crippen molar-refractivity contribution in [3.05, 3.63) is 78.1 Å². The number of carbonyl (C=O) groups excluding carboxylic acids is 4. The van der Waals surface area contributed by atoms with Gasteiger partial charge >= 0.3 is 5.97 Å². The number of carbonyl (C=O) groups is 4. The number of hydrogen-bond acceptors (Lipinski definition) is 5. The van der Waals surface area contributed by atoms with Crippen LogP contribution in [-0.2, 0) is 25.5 Å². The molecule has 0 saturated carbocycles. The lowest BCUT2D eigenvalue weighted by Gasteiger charge is -2.36. The lowest BCUT2D eigenvalue weighted by atomic mass is 9.87. The Balaban J connectivity index is 1.88. The van der Waals surface area contributed by atoms with Crippen LogP contribution >= 0.6 is 0 Å². The summed E-state index contributed by atoms with van der Waals surface area (Å²) in [6.07, 6.45) is 0.495. The van der Waals surface area contributed by atoms with E-state index in [1.807, 2.05) is 25.1 Å². The molecule has 8 nitrogen and oxygen atoms in total. The quantitative estimate of drug-likeness (QED) is 0.523. The summed E-state index contributed by atoms with van der Waals surface area (Å²) in [4.78, 5) is 50.0. The number of nitrogens with zero attached hydrogens (tertiary/aromatic N) is 1. The molecule has 8 heteroatoms. The summed E-state index contributed by atoms with van der Waals surface area (Å²) in [5, 5.41) is 5.05. The second kappa shape index (κ2) is 9.52. The van der Waals surface area contributed by atoms with E-state index in [1.54, 1.807) is 24.3 Å². The Morgan fingerprint density at radius 1 is 1.06 bits per heavy atom. The van der Waals surface area contributed by atoms with Crippen molar-refractivity contribution in [3.63, 3.8) is 0 Å². The second-order valence-corrected chi connectivity index (χ2v) is 7.69. The highest BCUT2D eigenvalue weighted by Crippen LogP contribution is 2.34. The molecular formula is C25H25N3O5. The number of nitrogens with one attached hydrogen (secondary N) is 2. The van der Waals surface area contributed by atoms with Gasteiger partial charge in [-0.2, -0.15) is 0 Å². The minimum atomic E-state index is -0.784. The van der Waals surface area contributed by atoms with E-state index in [-0.39, 0.29) is 29.3 Å². The number of esters is 1. The minimum absolute atomic E-state index is 0.0896. The van der Waals surface area contributed by atoms with Crippen LogP contribution in [0.5, 0.6) is 0 Å². The number of hydrogen-bond donors (Lipinski definition) is 2. The van der Waals surface area contributed by atoms with Crippen LogP contribution in [0.2, 0.25) is 0 Å². The summed E-state index contributed by atoms with van der Waals surface area (Å²) in [5.41, 5.74) is 3.49. The van der Waals surface area contributed by atoms with Crippen molar-refractivity contribution in [3.8, 4) is 11.1 Å². The van der Waals surface area contributed by atoms with Crippen LogP contribution < -0.4 is 10.6 Å². The predicted octanol–water partition coefficient (Wildman–Crippen LogP) is 3.02. The molecule has 0 spiro atoms. The first-order valence-electron chi connectivity index (χ1n) is 10.2. The zero-order valence-electron chi connectivity index (χ0n) is 18.7. The van der Waals surface area contributed by atoms with Crippen LogP contribution in [0.1, 0.15) is 29.8 Å². The van der Waals surface area contributed by atoms with Crippen LogP contribution in [0.4, 0.5) is 5.69 Å². The summed E-state index contributed by atoms with van der Waals surface area (Å²) < 4.78 is 4.52. The van der Waals surface area contributed by atoms with E-state index in [2.05, 4.69) is 28.5 Å². The van der Waals surface area contributed by atoms with Crippen molar-refractivity contribution in [1.82, 2.24) is 10.2 Å². The predicted molar refractivity (Wildman–Crippen MR) is 124 cm³/mol. The number of rotatable bonds is 6. The molecule has 0 saturated heterocycles. The van der Waals surface area contributed by atoms with Crippen LogP contribution in [0, 0.1) is 0 Å². The van der Waals surface area contributed by atoms with Gasteiger partial charge in [0.1, 0.15) is 11.4 Å². The van der Waals surface area contributed by atoms with Gasteiger partial charge < -0.3 is 20.3 Å². The maximum Gasteiger partial charge on any atom is 0.353 e. The fourth-order valence-corrected chi connectivity index (χ4v) is 3.81. The van der Waals surface area contributed by atoms with Gasteiger partial charge in [0.05, 0.1) is 7.11 Å². The summed E-state index contributed by atoms with van der Waals surface area (Å²) in [5.74, 6) is -2.00. The molecular weight excluding hydrogens is 422 g/mol. The lowest BCUT2D eigenvalue weighted by molar-refractivity contribution is -0.137. The highest BCUT2D eigenvalue weighted by molar-refractivity contribution is 6.07. The zero-order valence-corrected chi connectivity index (χ0v) is 18.7. The first kappa shape index (κ1) is 23.5. The zero-order chi connectivity index (χ0) is 24.3.